The van der Waals surface area contributed by atoms with Gasteiger partial charge in [-0.15, -0.1) is 0 Å². The van der Waals surface area contributed by atoms with Gasteiger partial charge in [0.05, 0.1) is 0 Å². The fourth-order valence-corrected chi connectivity index (χ4v) is 3.52. The molecule has 0 unspecified atom stereocenters. The fraction of sp³-hybridized carbons (Fsp3) is 0.417. The van der Waals surface area contributed by atoms with Crippen molar-refractivity contribution in [3.8, 4) is 5.75 Å². The van der Waals surface area contributed by atoms with E-state index in [2.05, 4.69) is 5.32 Å². The number of benzene rings is 2. The lowest BCUT2D eigenvalue weighted by Crippen LogP contribution is -2.51. The first-order valence-corrected chi connectivity index (χ1v) is 11.2. The molecular weight excluding hydrogens is 435 g/mol. The standard InChI is InChI=1S/C24H30Cl2N2O3/c1-5-17(4)27-24(30)22(6-2)28(14-18-9-10-19(25)13-21(18)26)23(29)15-31-20-11-7-16(3)8-12-20/h7-13,17,22H,5-6,14-15H2,1-4H3,(H,27,30)/t17-,22-/m0/s1. The molecule has 0 fully saturated rings. The van der Waals surface area contributed by atoms with Crippen molar-refractivity contribution in [2.24, 2.45) is 0 Å². The number of halogens is 2. The molecule has 0 radical (unpaired) electrons. The third kappa shape index (κ3) is 7.44. The molecule has 0 aliphatic carbocycles. The molecule has 2 aromatic carbocycles. The van der Waals surface area contributed by atoms with Crippen molar-refractivity contribution >= 4 is 35.0 Å². The second-order valence-corrected chi connectivity index (χ2v) is 8.44. The zero-order valence-corrected chi connectivity index (χ0v) is 20.0. The van der Waals surface area contributed by atoms with E-state index in [4.69, 9.17) is 27.9 Å². The van der Waals surface area contributed by atoms with E-state index >= 15 is 0 Å². The Morgan fingerprint density at radius 1 is 1.06 bits per heavy atom. The molecule has 0 spiro atoms. The fourth-order valence-electron chi connectivity index (χ4n) is 3.06. The van der Waals surface area contributed by atoms with Gasteiger partial charge in [0.2, 0.25) is 5.91 Å². The SMILES string of the molecule is CC[C@H](C)NC(=O)[C@H](CC)N(Cc1ccc(Cl)cc1Cl)C(=O)COc1ccc(C)cc1. The van der Waals surface area contributed by atoms with Crippen LogP contribution in [0.4, 0.5) is 0 Å². The highest BCUT2D eigenvalue weighted by atomic mass is 35.5. The van der Waals surface area contributed by atoms with Crippen LogP contribution in [0.5, 0.6) is 5.75 Å². The Morgan fingerprint density at radius 2 is 1.74 bits per heavy atom. The van der Waals surface area contributed by atoms with E-state index < -0.39 is 6.04 Å². The maximum Gasteiger partial charge on any atom is 0.261 e. The number of ether oxygens (including phenoxy) is 1. The minimum absolute atomic E-state index is 0.0152. The third-order valence-corrected chi connectivity index (χ3v) is 5.71. The number of hydrogen-bond acceptors (Lipinski definition) is 3. The summed E-state index contributed by atoms with van der Waals surface area (Å²) < 4.78 is 5.69. The molecule has 1 N–H and O–H groups in total. The van der Waals surface area contributed by atoms with Crippen LogP contribution in [0.3, 0.4) is 0 Å². The van der Waals surface area contributed by atoms with Crippen LogP contribution in [0, 0.1) is 6.92 Å². The summed E-state index contributed by atoms with van der Waals surface area (Å²) in [5.74, 6) is 0.115. The summed E-state index contributed by atoms with van der Waals surface area (Å²) in [6, 6.07) is 11.9. The smallest absolute Gasteiger partial charge is 0.261 e. The first-order valence-electron chi connectivity index (χ1n) is 10.5. The summed E-state index contributed by atoms with van der Waals surface area (Å²) in [5, 5.41) is 3.93. The van der Waals surface area contributed by atoms with Crippen molar-refractivity contribution in [2.75, 3.05) is 6.61 Å². The monoisotopic (exact) mass is 464 g/mol. The lowest BCUT2D eigenvalue weighted by Gasteiger charge is -2.31. The lowest BCUT2D eigenvalue weighted by atomic mass is 10.1. The van der Waals surface area contributed by atoms with Crippen LogP contribution in [0.25, 0.3) is 0 Å². The van der Waals surface area contributed by atoms with Crippen molar-refractivity contribution in [2.45, 2.75) is 59.2 Å². The summed E-state index contributed by atoms with van der Waals surface area (Å²) in [4.78, 5) is 27.6. The first-order chi connectivity index (χ1) is 14.7. The van der Waals surface area contributed by atoms with E-state index in [1.807, 2.05) is 52.0 Å². The van der Waals surface area contributed by atoms with Crippen LogP contribution in [0.1, 0.15) is 44.7 Å². The highest BCUT2D eigenvalue weighted by Gasteiger charge is 2.30. The molecule has 168 valence electrons. The van der Waals surface area contributed by atoms with Gasteiger partial charge in [-0.2, -0.15) is 0 Å². The number of hydrogen-bond donors (Lipinski definition) is 1. The Kier molecular flexibility index (Phi) is 9.66. The number of rotatable bonds is 10. The van der Waals surface area contributed by atoms with Crippen molar-refractivity contribution < 1.29 is 14.3 Å². The molecule has 2 amide bonds. The zero-order chi connectivity index (χ0) is 23.0. The predicted octanol–water partition coefficient (Wildman–Crippen LogP) is 5.40. The molecule has 0 saturated heterocycles. The minimum Gasteiger partial charge on any atom is -0.484 e. The van der Waals surface area contributed by atoms with E-state index in [0.717, 1.165) is 12.0 Å². The van der Waals surface area contributed by atoms with Crippen LogP contribution in [0.15, 0.2) is 42.5 Å². The molecule has 7 heteroatoms. The van der Waals surface area contributed by atoms with E-state index in [1.54, 1.807) is 18.2 Å². The number of carbonyl (C=O) groups is 2. The molecule has 31 heavy (non-hydrogen) atoms. The normalized spacial score (nSPS) is 12.7. The quantitative estimate of drug-likeness (QED) is 0.511. The summed E-state index contributed by atoms with van der Waals surface area (Å²) >= 11 is 12.4. The van der Waals surface area contributed by atoms with Gasteiger partial charge in [0.1, 0.15) is 11.8 Å². The Labute approximate surface area is 194 Å². The van der Waals surface area contributed by atoms with Gasteiger partial charge in [-0.1, -0.05) is 60.8 Å². The van der Waals surface area contributed by atoms with Crippen molar-refractivity contribution in [3.05, 3.63) is 63.6 Å². The Balaban J connectivity index is 2.24. The van der Waals surface area contributed by atoms with Crippen molar-refractivity contribution in [3.63, 3.8) is 0 Å². The molecule has 0 aliphatic rings. The summed E-state index contributed by atoms with van der Waals surface area (Å²) in [6.45, 7) is 7.80. The summed E-state index contributed by atoms with van der Waals surface area (Å²) in [7, 11) is 0. The van der Waals surface area contributed by atoms with Gasteiger partial charge in [-0.25, -0.2) is 0 Å². The summed E-state index contributed by atoms with van der Waals surface area (Å²) in [5.41, 5.74) is 1.81. The van der Waals surface area contributed by atoms with Crippen LogP contribution in [0.2, 0.25) is 10.0 Å². The highest BCUT2D eigenvalue weighted by molar-refractivity contribution is 6.35. The van der Waals surface area contributed by atoms with Crippen LogP contribution < -0.4 is 10.1 Å². The van der Waals surface area contributed by atoms with Gasteiger partial charge in [-0.3, -0.25) is 9.59 Å². The van der Waals surface area contributed by atoms with Crippen LogP contribution in [-0.4, -0.2) is 35.4 Å². The van der Waals surface area contributed by atoms with E-state index in [0.29, 0.717) is 27.8 Å². The molecule has 2 atom stereocenters. The van der Waals surface area contributed by atoms with Gasteiger partial charge < -0.3 is 15.0 Å². The molecule has 2 aromatic rings. The molecule has 0 bridgehead atoms. The number of amides is 2. The van der Waals surface area contributed by atoms with Crippen LogP contribution in [-0.2, 0) is 16.1 Å². The molecule has 0 heterocycles. The van der Waals surface area contributed by atoms with Crippen molar-refractivity contribution in [1.29, 1.82) is 0 Å². The lowest BCUT2D eigenvalue weighted by molar-refractivity contribution is -0.143. The second kappa shape index (κ2) is 12.0. The largest absolute Gasteiger partial charge is 0.484 e. The van der Waals surface area contributed by atoms with Gasteiger partial charge in [0, 0.05) is 22.6 Å². The van der Waals surface area contributed by atoms with Crippen LogP contribution >= 0.6 is 23.2 Å². The maximum atomic E-state index is 13.2. The Hall–Kier alpha value is -2.24. The number of carbonyl (C=O) groups excluding carboxylic acids is 2. The number of nitrogens with one attached hydrogen (secondary N) is 1. The second-order valence-electron chi connectivity index (χ2n) is 7.60. The predicted molar refractivity (Wildman–Crippen MR) is 126 cm³/mol. The van der Waals surface area contributed by atoms with E-state index in [-0.39, 0.29) is 31.0 Å². The molecule has 2 rings (SSSR count). The molecule has 0 aliphatic heterocycles. The summed E-state index contributed by atoms with van der Waals surface area (Å²) in [6.07, 6.45) is 1.26. The zero-order valence-electron chi connectivity index (χ0n) is 18.5. The Bertz CT molecular complexity index is 887. The number of aryl methyl sites for hydroxylation is 1. The molecular formula is C24H30Cl2N2O3. The average molecular weight is 465 g/mol. The van der Waals surface area contributed by atoms with Crippen molar-refractivity contribution in [1.82, 2.24) is 10.2 Å². The van der Waals surface area contributed by atoms with Gasteiger partial charge >= 0.3 is 0 Å². The first kappa shape index (κ1) is 25.0. The molecule has 0 aromatic heterocycles. The number of nitrogens with zero attached hydrogens (tertiary/aromatic N) is 1. The Morgan fingerprint density at radius 3 is 2.32 bits per heavy atom. The van der Waals surface area contributed by atoms with Gasteiger partial charge in [-0.05, 0) is 56.5 Å². The molecule has 0 saturated carbocycles. The van der Waals surface area contributed by atoms with E-state index in [1.165, 1.54) is 4.90 Å². The highest BCUT2D eigenvalue weighted by Crippen LogP contribution is 2.24. The minimum atomic E-state index is -0.644. The third-order valence-electron chi connectivity index (χ3n) is 5.13. The van der Waals surface area contributed by atoms with Gasteiger partial charge in [0.15, 0.2) is 6.61 Å². The topological polar surface area (TPSA) is 58.6 Å². The average Bonchev–Trinajstić information content (AvgIpc) is 2.74. The maximum absolute atomic E-state index is 13.2. The molecule has 5 nitrogen and oxygen atoms in total. The van der Waals surface area contributed by atoms with E-state index in [9.17, 15) is 9.59 Å². The van der Waals surface area contributed by atoms with Gasteiger partial charge in [0.25, 0.3) is 5.91 Å².